The molecule has 0 aliphatic rings. The van der Waals surface area contributed by atoms with Crippen LogP contribution >= 0.6 is 0 Å². The number of aromatic nitrogens is 2. The first-order valence-electron chi connectivity index (χ1n) is 6.17. The minimum Gasteiger partial charge on any atom is -0.462 e. The van der Waals surface area contributed by atoms with E-state index in [2.05, 4.69) is 10.4 Å². The number of esters is 1. The average Bonchev–Trinajstić information content (AvgIpc) is 2.71. The first-order valence-corrected chi connectivity index (χ1v) is 6.17. The molecular formula is C12H21N3O3. The lowest BCUT2D eigenvalue weighted by atomic mass is 10.2. The Labute approximate surface area is 107 Å². The summed E-state index contributed by atoms with van der Waals surface area (Å²) >= 11 is 0. The number of nitrogens with one attached hydrogen (secondary N) is 1. The molecule has 0 aliphatic heterocycles. The van der Waals surface area contributed by atoms with Crippen molar-refractivity contribution >= 4 is 5.97 Å². The number of carbonyl (C=O) groups excluding carboxylic acids is 1. The smallest absolute Gasteiger partial charge is 0.341 e. The lowest BCUT2D eigenvalue weighted by molar-refractivity contribution is 0.0524. The van der Waals surface area contributed by atoms with Crippen molar-refractivity contribution in [2.75, 3.05) is 26.4 Å². The van der Waals surface area contributed by atoms with Crippen molar-refractivity contribution in [1.29, 1.82) is 0 Å². The predicted octanol–water partition coefficient (Wildman–Crippen LogP) is 0.723. The Morgan fingerprint density at radius 1 is 1.44 bits per heavy atom. The van der Waals surface area contributed by atoms with Gasteiger partial charge in [-0.05, 0) is 13.8 Å². The molecule has 6 heteroatoms. The molecule has 0 aliphatic carbocycles. The molecule has 1 aromatic rings. The minimum absolute atomic E-state index is 0.327. The molecule has 0 atom stereocenters. The molecule has 1 aromatic heterocycles. The van der Waals surface area contributed by atoms with E-state index in [-0.39, 0.29) is 5.97 Å². The van der Waals surface area contributed by atoms with Gasteiger partial charge in [0.2, 0.25) is 0 Å². The summed E-state index contributed by atoms with van der Waals surface area (Å²) in [7, 11) is 1.81. The summed E-state index contributed by atoms with van der Waals surface area (Å²) in [6, 6.07) is 0. The van der Waals surface area contributed by atoms with Gasteiger partial charge in [-0.1, -0.05) is 0 Å². The monoisotopic (exact) mass is 255 g/mol. The largest absolute Gasteiger partial charge is 0.462 e. The normalized spacial score (nSPS) is 10.6. The van der Waals surface area contributed by atoms with Gasteiger partial charge < -0.3 is 14.8 Å². The third-order valence-electron chi connectivity index (χ3n) is 2.48. The van der Waals surface area contributed by atoms with E-state index in [1.54, 1.807) is 11.6 Å². The summed E-state index contributed by atoms with van der Waals surface area (Å²) in [5, 5.41) is 7.29. The van der Waals surface area contributed by atoms with Crippen LogP contribution in [-0.4, -0.2) is 42.1 Å². The molecule has 6 nitrogen and oxygen atoms in total. The lowest BCUT2D eigenvalue weighted by Gasteiger charge is -2.07. The van der Waals surface area contributed by atoms with E-state index in [0.29, 0.717) is 31.9 Å². The van der Waals surface area contributed by atoms with E-state index < -0.39 is 0 Å². The van der Waals surface area contributed by atoms with Crippen molar-refractivity contribution in [3.8, 4) is 0 Å². The van der Waals surface area contributed by atoms with E-state index in [9.17, 15) is 4.79 Å². The molecule has 0 bridgehead atoms. The maximum atomic E-state index is 11.7. The molecule has 0 aromatic carbocycles. The van der Waals surface area contributed by atoms with Crippen molar-refractivity contribution in [1.82, 2.24) is 15.1 Å². The van der Waals surface area contributed by atoms with Crippen LogP contribution in [0.2, 0.25) is 0 Å². The van der Waals surface area contributed by atoms with Crippen LogP contribution in [0.25, 0.3) is 0 Å². The van der Waals surface area contributed by atoms with Crippen LogP contribution in [0.5, 0.6) is 0 Å². The van der Waals surface area contributed by atoms with Gasteiger partial charge in [-0.2, -0.15) is 5.10 Å². The Balaban J connectivity index is 2.53. The van der Waals surface area contributed by atoms with E-state index >= 15 is 0 Å². The highest BCUT2D eigenvalue weighted by Crippen LogP contribution is 2.08. The summed E-state index contributed by atoms with van der Waals surface area (Å²) < 4.78 is 11.9. The fourth-order valence-electron chi connectivity index (χ4n) is 1.55. The Morgan fingerprint density at radius 2 is 2.22 bits per heavy atom. The van der Waals surface area contributed by atoms with Gasteiger partial charge in [0.05, 0.1) is 25.1 Å². The predicted molar refractivity (Wildman–Crippen MR) is 67.4 cm³/mol. The third-order valence-corrected chi connectivity index (χ3v) is 2.48. The Kier molecular flexibility index (Phi) is 6.38. The summed E-state index contributed by atoms with van der Waals surface area (Å²) in [5.41, 5.74) is 1.34. The molecule has 102 valence electrons. The topological polar surface area (TPSA) is 65.4 Å². The number of ether oxygens (including phenoxy) is 2. The van der Waals surface area contributed by atoms with Crippen LogP contribution in [0.15, 0.2) is 6.20 Å². The van der Waals surface area contributed by atoms with Gasteiger partial charge in [0, 0.05) is 26.7 Å². The molecule has 1 rings (SSSR count). The SMILES string of the molecule is CCOCCNCc1c(C(=O)OCC)cnn1C. The standard InChI is InChI=1S/C12H21N3O3/c1-4-17-7-6-13-9-11-10(8-14-15(11)3)12(16)18-5-2/h8,13H,4-7,9H2,1-3H3. The Bertz CT molecular complexity index is 377. The lowest BCUT2D eigenvalue weighted by Crippen LogP contribution is -2.22. The summed E-state index contributed by atoms with van der Waals surface area (Å²) in [6.07, 6.45) is 1.54. The zero-order chi connectivity index (χ0) is 13.4. The molecule has 1 heterocycles. The van der Waals surface area contributed by atoms with Crippen molar-refractivity contribution in [3.63, 3.8) is 0 Å². The van der Waals surface area contributed by atoms with Crippen LogP contribution in [0.3, 0.4) is 0 Å². The van der Waals surface area contributed by atoms with Gasteiger partial charge in [-0.3, -0.25) is 4.68 Å². The highest BCUT2D eigenvalue weighted by atomic mass is 16.5. The number of carbonyl (C=O) groups is 1. The van der Waals surface area contributed by atoms with Crippen LogP contribution < -0.4 is 5.32 Å². The van der Waals surface area contributed by atoms with Crippen molar-refractivity contribution in [2.24, 2.45) is 7.05 Å². The minimum atomic E-state index is -0.327. The van der Waals surface area contributed by atoms with E-state index in [1.807, 2.05) is 14.0 Å². The Hall–Kier alpha value is -1.40. The second kappa shape index (κ2) is 7.84. The van der Waals surface area contributed by atoms with Gasteiger partial charge in [0.1, 0.15) is 5.56 Å². The van der Waals surface area contributed by atoms with Gasteiger partial charge in [-0.15, -0.1) is 0 Å². The molecule has 0 unspecified atom stereocenters. The van der Waals surface area contributed by atoms with Crippen molar-refractivity contribution in [2.45, 2.75) is 20.4 Å². The number of nitrogens with zero attached hydrogens (tertiary/aromatic N) is 2. The zero-order valence-corrected chi connectivity index (χ0v) is 11.2. The highest BCUT2D eigenvalue weighted by molar-refractivity contribution is 5.90. The van der Waals surface area contributed by atoms with Crippen LogP contribution in [0, 0.1) is 0 Å². The molecule has 0 amide bonds. The molecule has 0 spiro atoms. The maximum absolute atomic E-state index is 11.7. The molecular weight excluding hydrogens is 234 g/mol. The van der Waals surface area contributed by atoms with Crippen LogP contribution in [-0.2, 0) is 23.1 Å². The van der Waals surface area contributed by atoms with Crippen LogP contribution in [0.4, 0.5) is 0 Å². The molecule has 1 N–H and O–H groups in total. The number of aryl methyl sites for hydroxylation is 1. The van der Waals surface area contributed by atoms with Crippen LogP contribution in [0.1, 0.15) is 29.9 Å². The van der Waals surface area contributed by atoms with Gasteiger partial charge in [0.25, 0.3) is 0 Å². The van der Waals surface area contributed by atoms with E-state index in [0.717, 1.165) is 12.2 Å². The molecule has 0 saturated carbocycles. The van der Waals surface area contributed by atoms with E-state index in [1.165, 1.54) is 6.20 Å². The summed E-state index contributed by atoms with van der Waals surface area (Å²) in [4.78, 5) is 11.7. The quantitative estimate of drug-likeness (QED) is 0.548. The number of rotatable bonds is 8. The first-order chi connectivity index (χ1) is 8.70. The second-order valence-corrected chi connectivity index (χ2v) is 3.72. The van der Waals surface area contributed by atoms with Gasteiger partial charge in [-0.25, -0.2) is 4.79 Å². The zero-order valence-electron chi connectivity index (χ0n) is 11.2. The maximum Gasteiger partial charge on any atom is 0.341 e. The van der Waals surface area contributed by atoms with Gasteiger partial charge in [0.15, 0.2) is 0 Å². The van der Waals surface area contributed by atoms with E-state index in [4.69, 9.17) is 9.47 Å². The molecule has 0 saturated heterocycles. The molecule has 0 radical (unpaired) electrons. The fraction of sp³-hybridized carbons (Fsp3) is 0.667. The first kappa shape index (κ1) is 14.7. The highest BCUT2D eigenvalue weighted by Gasteiger charge is 2.16. The van der Waals surface area contributed by atoms with Crippen molar-refractivity contribution < 1.29 is 14.3 Å². The molecule has 18 heavy (non-hydrogen) atoms. The number of hydrogen-bond donors (Lipinski definition) is 1. The average molecular weight is 255 g/mol. The summed E-state index contributed by atoms with van der Waals surface area (Å²) in [5.74, 6) is -0.327. The molecule has 0 fully saturated rings. The Morgan fingerprint density at radius 3 is 2.89 bits per heavy atom. The summed E-state index contributed by atoms with van der Waals surface area (Å²) in [6.45, 7) is 6.78. The second-order valence-electron chi connectivity index (χ2n) is 3.72. The third kappa shape index (κ3) is 4.12. The number of hydrogen-bond acceptors (Lipinski definition) is 5. The van der Waals surface area contributed by atoms with Crippen molar-refractivity contribution in [3.05, 3.63) is 17.5 Å². The van der Waals surface area contributed by atoms with Gasteiger partial charge >= 0.3 is 5.97 Å². The fourth-order valence-corrected chi connectivity index (χ4v) is 1.55.